The Morgan fingerprint density at radius 2 is 1.39 bits per heavy atom. The second-order valence-corrected chi connectivity index (χ2v) is 8.31. The molecule has 0 aromatic heterocycles. The Morgan fingerprint density at radius 1 is 0.788 bits per heavy atom. The van der Waals surface area contributed by atoms with Gasteiger partial charge in [-0.15, -0.1) is 0 Å². The smallest absolute Gasteiger partial charge is 0.311 e. The Labute approximate surface area is 201 Å². The van der Waals surface area contributed by atoms with Crippen molar-refractivity contribution in [2.24, 2.45) is 0 Å². The average Bonchev–Trinajstić information content (AvgIpc) is 2.77. The molecular weight excluding hydrogens is 444 g/mol. The number of fused-ring (bicyclic) bond motifs is 1. The number of hydrogen-bond donors (Lipinski definition) is 0. The fourth-order valence-corrected chi connectivity index (χ4v) is 3.67. The molecule has 182 valence electrons. The van der Waals surface area contributed by atoms with Crippen LogP contribution < -0.4 is 18.9 Å². The second-order valence-electron chi connectivity index (χ2n) is 7.91. The number of rotatable bonds is 14. The minimum atomic E-state index is -0.512. The van der Waals surface area contributed by atoms with E-state index in [9.17, 15) is 9.59 Å². The van der Waals surface area contributed by atoms with Crippen molar-refractivity contribution >= 4 is 34.3 Å². The zero-order valence-corrected chi connectivity index (χ0v) is 20.9. The quantitative estimate of drug-likeness (QED) is 0.161. The number of benzene rings is 2. The molecule has 0 unspecified atom stereocenters. The van der Waals surface area contributed by atoms with E-state index in [4.69, 9.17) is 30.5 Å². The van der Waals surface area contributed by atoms with Crippen LogP contribution in [0, 0.1) is 0 Å². The fourth-order valence-electron chi connectivity index (χ4n) is 3.41. The molecule has 0 saturated carbocycles. The molecule has 0 saturated heterocycles. The van der Waals surface area contributed by atoms with Crippen LogP contribution in [0.4, 0.5) is 0 Å². The number of carbonyl (C=O) groups excluding carboxylic acids is 2. The zero-order valence-electron chi connectivity index (χ0n) is 20.1. The van der Waals surface area contributed by atoms with Crippen molar-refractivity contribution in [3.63, 3.8) is 0 Å². The van der Waals surface area contributed by atoms with Crippen LogP contribution in [0.3, 0.4) is 0 Å². The van der Waals surface area contributed by atoms with Gasteiger partial charge in [-0.1, -0.05) is 70.2 Å². The molecule has 0 atom stereocenters. The van der Waals surface area contributed by atoms with Crippen LogP contribution in [-0.4, -0.2) is 25.2 Å². The molecule has 0 spiro atoms. The predicted octanol–water partition coefficient (Wildman–Crippen LogP) is 7.26. The van der Waals surface area contributed by atoms with Crippen LogP contribution >= 0.6 is 11.6 Å². The van der Waals surface area contributed by atoms with Crippen LogP contribution in [0.5, 0.6) is 23.0 Å². The van der Waals surface area contributed by atoms with E-state index in [0.29, 0.717) is 35.4 Å². The maximum Gasteiger partial charge on any atom is 0.311 e. The van der Waals surface area contributed by atoms with E-state index in [-0.39, 0.29) is 35.4 Å². The predicted molar refractivity (Wildman–Crippen MR) is 131 cm³/mol. The lowest BCUT2D eigenvalue weighted by atomic mass is 10.1. The summed E-state index contributed by atoms with van der Waals surface area (Å²) in [5.74, 6) is 0.0247. The summed E-state index contributed by atoms with van der Waals surface area (Å²) in [7, 11) is 0. The number of ether oxygens (including phenoxy) is 4. The maximum atomic E-state index is 12.5. The third-order valence-corrected chi connectivity index (χ3v) is 5.32. The van der Waals surface area contributed by atoms with Crippen molar-refractivity contribution in [1.29, 1.82) is 0 Å². The standard InChI is InChI=1S/C26H35ClO6/c1-5-8-10-16-30-25-23(33-21(29)13-7-3)19-14-12-15-20(27)22(19)24(32-18(4)28)26(25)31-17-11-9-6-2/h12,14-15H,5-11,13,16-17H2,1-4H3. The molecule has 2 aromatic rings. The Hall–Kier alpha value is -2.47. The molecule has 0 bridgehead atoms. The Balaban J connectivity index is 2.73. The molecule has 0 radical (unpaired) electrons. The van der Waals surface area contributed by atoms with Gasteiger partial charge in [0.05, 0.1) is 23.6 Å². The van der Waals surface area contributed by atoms with Gasteiger partial charge in [-0.3, -0.25) is 9.59 Å². The summed E-state index contributed by atoms with van der Waals surface area (Å²) in [6.07, 6.45) is 6.60. The minimum absolute atomic E-state index is 0.181. The van der Waals surface area contributed by atoms with Gasteiger partial charge < -0.3 is 18.9 Å². The van der Waals surface area contributed by atoms with Gasteiger partial charge in [0, 0.05) is 18.7 Å². The number of halogens is 1. The summed E-state index contributed by atoms with van der Waals surface area (Å²) in [5.41, 5.74) is 0. The molecule has 0 heterocycles. The van der Waals surface area contributed by atoms with Crippen molar-refractivity contribution in [3.8, 4) is 23.0 Å². The Kier molecular flexibility index (Phi) is 11.3. The average molecular weight is 479 g/mol. The molecule has 0 aliphatic heterocycles. The molecule has 0 aliphatic carbocycles. The third kappa shape index (κ3) is 7.53. The highest BCUT2D eigenvalue weighted by atomic mass is 35.5. The highest BCUT2D eigenvalue weighted by Crippen LogP contribution is 2.53. The SMILES string of the molecule is CCCCCOc1c(OCCCCC)c(OC(C)=O)c2c(Cl)cccc2c1OC(=O)CCC. The summed E-state index contributed by atoms with van der Waals surface area (Å²) in [5, 5.41) is 1.32. The zero-order chi connectivity index (χ0) is 24.2. The van der Waals surface area contributed by atoms with Gasteiger partial charge in [0.2, 0.25) is 11.5 Å². The van der Waals surface area contributed by atoms with E-state index in [0.717, 1.165) is 38.5 Å². The summed E-state index contributed by atoms with van der Waals surface area (Å²) in [6, 6.07) is 5.21. The van der Waals surface area contributed by atoms with Crippen LogP contribution in [0.2, 0.25) is 5.02 Å². The fraction of sp³-hybridized carbons (Fsp3) is 0.538. The van der Waals surface area contributed by atoms with Crippen LogP contribution in [0.1, 0.15) is 79.1 Å². The van der Waals surface area contributed by atoms with E-state index in [2.05, 4.69) is 13.8 Å². The monoisotopic (exact) mass is 478 g/mol. The van der Waals surface area contributed by atoms with Crippen molar-refractivity contribution in [2.45, 2.75) is 79.1 Å². The number of unbranched alkanes of at least 4 members (excludes halogenated alkanes) is 4. The minimum Gasteiger partial charge on any atom is -0.486 e. The van der Waals surface area contributed by atoms with Gasteiger partial charge >= 0.3 is 11.9 Å². The number of carbonyl (C=O) groups is 2. The lowest BCUT2D eigenvalue weighted by Gasteiger charge is -2.22. The summed E-state index contributed by atoms with van der Waals surface area (Å²) in [6.45, 7) is 8.24. The second kappa shape index (κ2) is 13.9. The molecule has 0 aliphatic rings. The first-order valence-electron chi connectivity index (χ1n) is 11.9. The van der Waals surface area contributed by atoms with Crippen LogP contribution in [0.15, 0.2) is 18.2 Å². The lowest BCUT2D eigenvalue weighted by molar-refractivity contribution is -0.134. The van der Waals surface area contributed by atoms with E-state index >= 15 is 0 Å². The molecule has 33 heavy (non-hydrogen) atoms. The highest BCUT2D eigenvalue weighted by molar-refractivity contribution is 6.36. The number of hydrogen-bond acceptors (Lipinski definition) is 6. The molecule has 0 fully saturated rings. The molecule has 0 amide bonds. The van der Waals surface area contributed by atoms with E-state index < -0.39 is 5.97 Å². The molecule has 6 nitrogen and oxygen atoms in total. The normalized spacial score (nSPS) is 10.8. The van der Waals surface area contributed by atoms with Gasteiger partial charge in [-0.25, -0.2) is 0 Å². The van der Waals surface area contributed by atoms with E-state index in [1.54, 1.807) is 18.2 Å². The van der Waals surface area contributed by atoms with E-state index in [1.807, 2.05) is 6.92 Å². The van der Waals surface area contributed by atoms with Crippen LogP contribution in [0.25, 0.3) is 10.8 Å². The molecule has 2 rings (SSSR count). The van der Waals surface area contributed by atoms with Crippen molar-refractivity contribution in [3.05, 3.63) is 23.2 Å². The summed E-state index contributed by atoms with van der Waals surface area (Å²) >= 11 is 6.54. The van der Waals surface area contributed by atoms with Crippen molar-refractivity contribution in [1.82, 2.24) is 0 Å². The van der Waals surface area contributed by atoms with Gasteiger partial charge in [0.1, 0.15) is 0 Å². The van der Waals surface area contributed by atoms with Gasteiger partial charge in [-0.05, 0) is 25.3 Å². The van der Waals surface area contributed by atoms with Gasteiger partial charge in [0.15, 0.2) is 11.5 Å². The first-order valence-corrected chi connectivity index (χ1v) is 12.2. The first kappa shape index (κ1) is 26.8. The first-order chi connectivity index (χ1) is 15.9. The number of esters is 2. The molecule has 7 heteroatoms. The van der Waals surface area contributed by atoms with Crippen molar-refractivity contribution < 1.29 is 28.5 Å². The topological polar surface area (TPSA) is 71.1 Å². The molecular formula is C26H35ClO6. The Morgan fingerprint density at radius 3 is 1.94 bits per heavy atom. The highest BCUT2D eigenvalue weighted by Gasteiger charge is 2.28. The summed E-state index contributed by atoms with van der Waals surface area (Å²) < 4.78 is 23.7. The molecule has 2 aromatic carbocycles. The van der Waals surface area contributed by atoms with Crippen LogP contribution in [-0.2, 0) is 9.59 Å². The third-order valence-electron chi connectivity index (χ3n) is 5.01. The van der Waals surface area contributed by atoms with Gasteiger partial charge in [0.25, 0.3) is 0 Å². The van der Waals surface area contributed by atoms with Crippen molar-refractivity contribution in [2.75, 3.05) is 13.2 Å². The maximum absolute atomic E-state index is 12.5. The largest absolute Gasteiger partial charge is 0.486 e. The summed E-state index contributed by atoms with van der Waals surface area (Å²) in [4.78, 5) is 24.5. The Bertz CT molecular complexity index is 940. The lowest BCUT2D eigenvalue weighted by Crippen LogP contribution is -2.13. The molecule has 0 N–H and O–H groups in total. The van der Waals surface area contributed by atoms with E-state index in [1.165, 1.54) is 6.92 Å². The van der Waals surface area contributed by atoms with Gasteiger partial charge in [-0.2, -0.15) is 0 Å².